The van der Waals surface area contributed by atoms with Crippen molar-refractivity contribution in [3.63, 3.8) is 0 Å². The van der Waals surface area contributed by atoms with Crippen LogP contribution in [0.15, 0.2) is 0 Å². The molecule has 0 bridgehead atoms. The van der Waals surface area contributed by atoms with Crippen LogP contribution in [0, 0.1) is 13.8 Å². The molecule has 0 saturated carbocycles. The summed E-state index contributed by atoms with van der Waals surface area (Å²) >= 11 is 0. The first-order valence-electron chi connectivity index (χ1n) is 9.31. The lowest BCUT2D eigenvalue weighted by atomic mass is 10.0. The lowest BCUT2D eigenvalue weighted by molar-refractivity contribution is -0.149. The van der Waals surface area contributed by atoms with E-state index in [2.05, 4.69) is 15.7 Å². The first kappa shape index (κ1) is 23.5. The van der Waals surface area contributed by atoms with Crippen molar-refractivity contribution in [3.05, 3.63) is 17.0 Å². The number of carbonyl (C=O) groups excluding carboxylic acids is 3. The van der Waals surface area contributed by atoms with Gasteiger partial charge in [-0.05, 0) is 60.5 Å². The normalized spacial score (nSPS) is 13.4. The van der Waals surface area contributed by atoms with Gasteiger partial charge < -0.3 is 14.8 Å². The molecule has 2 amide bonds. The molecule has 0 fully saturated rings. The molecule has 9 heteroatoms. The van der Waals surface area contributed by atoms with Gasteiger partial charge in [0, 0.05) is 18.8 Å². The molecule has 1 rings (SSSR count). The van der Waals surface area contributed by atoms with E-state index in [0.29, 0.717) is 6.42 Å². The molecule has 1 aromatic heterocycles. The molecule has 2 N–H and O–H groups in total. The van der Waals surface area contributed by atoms with Gasteiger partial charge >= 0.3 is 12.1 Å². The number of nitrogens with zero attached hydrogens (tertiary/aromatic N) is 2. The van der Waals surface area contributed by atoms with E-state index < -0.39 is 29.6 Å². The van der Waals surface area contributed by atoms with E-state index in [0.717, 1.165) is 17.0 Å². The van der Waals surface area contributed by atoms with Crippen molar-refractivity contribution in [3.8, 4) is 0 Å². The predicted octanol–water partition coefficient (Wildman–Crippen LogP) is 1.54. The molecule has 28 heavy (non-hydrogen) atoms. The molecule has 158 valence electrons. The topological polar surface area (TPSA) is 112 Å². The molecular weight excluding hydrogens is 364 g/mol. The number of hydrogen-bond acceptors (Lipinski definition) is 6. The maximum absolute atomic E-state index is 12.6. The van der Waals surface area contributed by atoms with Crippen LogP contribution in [0.25, 0.3) is 0 Å². The Morgan fingerprint density at radius 2 is 1.79 bits per heavy atom. The molecule has 0 aromatic carbocycles. The summed E-state index contributed by atoms with van der Waals surface area (Å²) < 4.78 is 11.8. The summed E-state index contributed by atoms with van der Waals surface area (Å²) in [5.41, 5.74) is 2.16. The van der Waals surface area contributed by atoms with Gasteiger partial charge in [-0.2, -0.15) is 5.10 Å². The Morgan fingerprint density at radius 3 is 2.25 bits per heavy atom. The number of nitrogens with one attached hydrogen (secondary N) is 2. The summed E-state index contributed by atoms with van der Waals surface area (Å²) in [7, 11) is 1.86. The molecule has 0 aliphatic rings. The number of hydrogen-bond donors (Lipinski definition) is 2. The van der Waals surface area contributed by atoms with Crippen LogP contribution in [0.1, 0.15) is 51.6 Å². The summed E-state index contributed by atoms with van der Waals surface area (Å²) in [6.07, 6.45) is -0.327. The lowest BCUT2D eigenvalue weighted by Gasteiger charge is -2.23. The number of rotatable bonds is 7. The Bertz CT molecular complexity index is 721. The molecule has 0 spiro atoms. The molecule has 1 aromatic rings. The van der Waals surface area contributed by atoms with Gasteiger partial charge in [-0.15, -0.1) is 0 Å². The van der Waals surface area contributed by atoms with Crippen molar-refractivity contribution in [1.29, 1.82) is 0 Å². The van der Waals surface area contributed by atoms with Crippen molar-refractivity contribution >= 4 is 18.0 Å². The highest BCUT2D eigenvalue weighted by Crippen LogP contribution is 2.14. The van der Waals surface area contributed by atoms with Crippen LogP contribution in [-0.2, 0) is 32.5 Å². The Balaban J connectivity index is 2.84. The number of esters is 1. The summed E-state index contributed by atoms with van der Waals surface area (Å²) in [6, 6.07) is -1.78. The van der Waals surface area contributed by atoms with Crippen LogP contribution < -0.4 is 10.6 Å². The minimum absolute atomic E-state index is 0.0856. The molecule has 0 aliphatic carbocycles. The minimum atomic E-state index is -1.49. The maximum Gasteiger partial charge on any atom is 0.408 e. The number of carbonyl (C=O) groups is 3. The monoisotopic (exact) mass is 396 g/mol. The zero-order valence-corrected chi connectivity index (χ0v) is 18.0. The molecule has 9 nitrogen and oxygen atoms in total. The van der Waals surface area contributed by atoms with Crippen LogP contribution in [0.5, 0.6) is 0 Å². The average molecular weight is 396 g/mol. The smallest absolute Gasteiger partial charge is 0.408 e. The maximum atomic E-state index is 12.6. The zero-order chi connectivity index (χ0) is 21.6. The third kappa shape index (κ3) is 6.86. The first-order valence-corrected chi connectivity index (χ1v) is 9.31. The van der Waals surface area contributed by atoms with Gasteiger partial charge in [-0.25, -0.2) is 9.59 Å². The van der Waals surface area contributed by atoms with Crippen LogP contribution in [-0.4, -0.2) is 52.0 Å². The second kappa shape index (κ2) is 9.57. The number of alkyl carbamates (subject to hydrolysis) is 1. The summed E-state index contributed by atoms with van der Waals surface area (Å²) in [4.78, 5) is 36.8. The van der Waals surface area contributed by atoms with Gasteiger partial charge in [0.15, 0.2) is 0 Å². The van der Waals surface area contributed by atoms with E-state index in [1.54, 1.807) is 32.4 Å². The summed E-state index contributed by atoms with van der Waals surface area (Å²) in [6.45, 7) is 12.4. The fraction of sp³-hybridized carbons (Fsp3) is 0.684. The number of aryl methyl sites for hydroxylation is 2. The van der Waals surface area contributed by atoms with Crippen LogP contribution in [0.3, 0.4) is 0 Å². The van der Waals surface area contributed by atoms with E-state index in [9.17, 15) is 14.4 Å². The third-order valence-corrected chi connectivity index (χ3v) is 4.00. The van der Waals surface area contributed by atoms with Crippen LogP contribution in [0.2, 0.25) is 0 Å². The Labute approximate surface area is 166 Å². The molecular formula is C19H32N4O5. The van der Waals surface area contributed by atoms with Crippen LogP contribution >= 0.6 is 0 Å². The average Bonchev–Trinajstić information content (AvgIpc) is 2.77. The van der Waals surface area contributed by atoms with Crippen molar-refractivity contribution in [2.75, 3.05) is 6.61 Å². The van der Waals surface area contributed by atoms with Crippen molar-refractivity contribution in [1.82, 2.24) is 20.4 Å². The molecule has 0 radical (unpaired) electrons. The molecule has 1 heterocycles. The first-order chi connectivity index (χ1) is 12.9. The fourth-order valence-corrected chi connectivity index (χ4v) is 2.68. The van der Waals surface area contributed by atoms with Crippen molar-refractivity contribution in [2.24, 2.45) is 7.05 Å². The van der Waals surface area contributed by atoms with Gasteiger partial charge in [0.05, 0.1) is 12.3 Å². The van der Waals surface area contributed by atoms with E-state index in [1.165, 1.54) is 0 Å². The third-order valence-electron chi connectivity index (χ3n) is 4.00. The Kier molecular flexibility index (Phi) is 8.01. The second-order valence-corrected chi connectivity index (χ2v) is 7.72. The van der Waals surface area contributed by atoms with E-state index >= 15 is 0 Å². The lowest BCUT2D eigenvalue weighted by Crippen LogP contribution is -2.54. The SMILES string of the molecule is CCOC(=O)C(NC(=O)OC(C)(C)C)C(=O)NC(C)Cc1c(C)nn(C)c1C. The van der Waals surface area contributed by atoms with E-state index in [1.807, 2.05) is 27.8 Å². The summed E-state index contributed by atoms with van der Waals surface area (Å²) in [5, 5.41) is 9.40. The second-order valence-electron chi connectivity index (χ2n) is 7.72. The van der Waals surface area contributed by atoms with Crippen molar-refractivity contribution < 1.29 is 23.9 Å². The van der Waals surface area contributed by atoms with E-state index in [4.69, 9.17) is 9.47 Å². The quantitative estimate of drug-likeness (QED) is 0.534. The zero-order valence-electron chi connectivity index (χ0n) is 18.0. The van der Waals surface area contributed by atoms with E-state index in [-0.39, 0.29) is 12.6 Å². The van der Waals surface area contributed by atoms with Gasteiger partial charge in [0.1, 0.15) is 5.60 Å². The highest BCUT2D eigenvalue weighted by molar-refractivity contribution is 6.04. The molecule has 2 atom stereocenters. The summed E-state index contributed by atoms with van der Waals surface area (Å²) in [5.74, 6) is -1.50. The molecule has 0 saturated heterocycles. The van der Waals surface area contributed by atoms with Gasteiger partial charge in [0.25, 0.3) is 5.91 Å². The predicted molar refractivity (Wildman–Crippen MR) is 104 cm³/mol. The Hall–Kier alpha value is -2.58. The number of ether oxygens (including phenoxy) is 2. The van der Waals surface area contributed by atoms with Crippen molar-refractivity contribution in [2.45, 2.75) is 72.6 Å². The number of amides is 2. The highest BCUT2D eigenvalue weighted by atomic mass is 16.6. The Morgan fingerprint density at radius 1 is 1.18 bits per heavy atom. The molecule has 0 aliphatic heterocycles. The highest BCUT2D eigenvalue weighted by Gasteiger charge is 2.32. The fourth-order valence-electron chi connectivity index (χ4n) is 2.68. The standard InChI is InChI=1S/C19H32N4O5/c1-9-27-17(25)15(21-18(26)28-19(5,6)7)16(24)20-11(2)10-14-12(3)22-23(8)13(14)4/h11,15H,9-10H2,1-8H3,(H,20,24)(H,21,26). The van der Waals surface area contributed by atoms with Gasteiger partial charge in [-0.3, -0.25) is 14.8 Å². The van der Waals surface area contributed by atoms with Gasteiger partial charge in [-0.1, -0.05) is 0 Å². The van der Waals surface area contributed by atoms with Gasteiger partial charge in [0.2, 0.25) is 6.04 Å². The molecule has 2 unspecified atom stereocenters. The minimum Gasteiger partial charge on any atom is -0.464 e. The van der Waals surface area contributed by atoms with Crippen LogP contribution in [0.4, 0.5) is 4.79 Å². The largest absolute Gasteiger partial charge is 0.464 e. The number of aromatic nitrogens is 2.